The van der Waals surface area contributed by atoms with Crippen molar-refractivity contribution >= 4 is 11.8 Å². The van der Waals surface area contributed by atoms with Crippen LogP contribution in [0.2, 0.25) is 0 Å². The Hall–Kier alpha value is -0.480. The van der Waals surface area contributed by atoms with Gasteiger partial charge >= 0.3 is 0 Å². The van der Waals surface area contributed by atoms with Crippen LogP contribution in [0.25, 0.3) is 0 Å². The largest absolute Gasteiger partial charge is 0.309 e. The van der Waals surface area contributed by atoms with Gasteiger partial charge in [-0.15, -0.1) is 0 Å². The first-order valence-electron chi connectivity index (χ1n) is 5.56. The molecule has 0 saturated carbocycles. The van der Waals surface area contributed by atoms with Crippen LogP contribution in [-0.2, 0) is 13.6 Å². The first kappa shape index (κ1) is 11.0. The molecular weight excluding hydrogens is 206 g/mol. The molecular formula is C11H19N3S. The van der Waals surface area contributed by atoms with E-state index in [0.717, 1.165) is 6.54 Å². The molecule has 1 saturated heterocycles. The summed E-state index contributed by atoms with van der Waals surface area (Å²) in [5, 5.41) is 7.87. The number of aromatic nitrogens is 2. The molecule has 4 heteroatoms. The highest BCUT2D eigenvalue weighted by Crippen LogP contribution is 2.17. The normalized spacial score (nSPS) is 21.9. The van der Waals surface area contributed by atoms with E-state index in [-0.39, 0.29) is 0 Å². The lowest BCUT2D eigenvalue weighted by molar-refractivity contribution is 0.506. The van der Waals surface area contributed by atoms with Gasteiger partial charge in [0.1, 0.15) is 0 Å². The maximum absolute atomic E-state index is 4.25. The maximum Gasteiger partial charge on any atom is 0.0537 e. The molecule has 0 amide bonds. The monoisotopic (exact) mass is 225 g/mol. The van der Waals surface area contributed by atoms with Gasteiger partial charge in [-0.1, -0.05) is 0 Å². The molecule has 1 aromatic heterocycles. The molecule has 84 valence electrons. The van der Waals surface area contributed by atoms with Crippen molar-refractivity contribution in [3.63, 3.8) is 0 Å². The Morgan fingerprint density at radius 1 is 1.67 bits per heavy atom. The fourth-order valence-electron chi connectivity index (χ4n) is 1.87. The van der Waals surface area contributed by atoms with Gasteiger partial charge in [0.2, 0.25) is 0 Å². The molecule has 1 N–H and O–H groups in total. The number of hydrogen-bond donors (Lipinski definition) is 1. The summed E-state index contributed by atoms with van der Waals surface area (Å²) in [5.41, 5.74) is 2.60. The Kier molecular flexibility index (Phi) is 3.70. The lowest BCUT2D eigenvalue weighted by atomic mass is 10.1. The predicted octanol–water partition coefficient (Wildman–Crippen LogP) is 1.71. The predicted molar refractivity (Wildman–Crippen MR) is 65.1 cm³/mol. The minimum Gasteiger partial charge on any atom is -0.309 e. The molecule has 3 nitrogen and oxygen atoms in total. The molecule has 0 spiro atoms. The van der Waals surface area contributed by atoms with E-state index in [1.807, 2.05) is 17.9 Å². The molecule has 1 fully saturated rings. The number of nitrogens with zero attached hydrogens (tertiary/aromatic N) is 2. The van der Waals surface area contributed by atoms with Gasteiger partial charge in [-0.2, -0.15) is 16.9 Å². The Balaban J connectivity index is 1.84. The van der Waals surface area contributed by atoms with Gasteiger partial charge in [0.05, 0.1) is 6.20 Å². The van der Waals surface area contributed by atoms with Crippen molar-refractivity contribution in [2.24, 2.45) is 7.05 Å². The van der Waals surface area contributed by atoms with E-state index < -0.39 is 0 Å². The number of thioether (sulfide) groups is 1. The fraction of sp³-hybridized carbons (Fsp3) is 0.727. The smallest absolute Gasteiger partial charge is 0.0537 e. The minimum atomic E-state index is 0.698. The highest BCUT2D eigenvalue weighted by molar-refractivity contribution is 7.99. The van der Waals surface area contributed by atoms with Crippen molar-refractivity contribution in [1.29, 1.82) is 0 Å². The van der Waals surface area contributed by atoms with Gasteiger partial charge in [0.25, 0.3) is 0 Å². The summed E-state index contributed by atoms with van der Waals surface area (Å²) >= 11 is 2.06. The molecule has 0 aliphatic carbocycles. The SMILES string of the molecule is Cc1c(CNC2CCCSC2)cnn1C. The second kappa shape index (κ2) is 5.03. The third-order valence-electron chi connectivity index (χ3n) is 3.08. The Labute approximate surface area is 95.6 Å². The van der Waals surface area contributed by atoms with Crippen molar-refractivity contribution in [2.45, 2.75) is 32.4 Å². The van der Waals surface area contributed by atoms with Crippen molar-refractivity contribution in [1.82, 2.24) is 15.1 Å². The topological polar surface area (TPSA) is 29.9 Å². The van der Waals surface area contributed by atoms with E-state index in [2.05, 4.69) is 29.1 Å². The van der Waals surface area contributed by atoms with Gasteiger partial charge in [0, 0.05) is 36.6 Å². The molecule has 1 aliphatic rings. The van der Waals surface area contributed by atoms with E-state index in [0.29, 0.717) is 6.04 Å². The number of rotatable bonds is 3. The summed E-state index contributed by atoms with van der Waals surface area (Å²) in [5.74, 6) is 2.60. The standard InChI is InChI=1S/C11H19N3S/c1-9-10(7-13-14(9)2)6-12-11-4-3-5-15-8-11/h7,11-12H,3-6,8H2,1-2H3. The van der Waals surface area contributed by atoms with Crippen LogP contribution in [-0.4, -0.2) is 27.3 Å². The van der Waals surface area contributed by atoms with E-state index in [1.165, 1.54) is 35.6 Å². The van der Waals surface area contributed by atoms with Crippen molar-refractivity contribution < 1.29 is 0 Å². The molecule has 0 radical (unpaired) electrons. The van der Waals surface area contributed by atoms with Crippen LogP contribution in [0, 0.1) is 6.92 Å². The van der Waals surface area contributed by atoms with Crippen LogP contribution in [0.15, 0.2) is 6.20 Å². The number of aryl methyl sites for hydroxylation is 1. The van der Waals surface area contributed by atoms with Crippen LogP contribution in [0.1, 0.15) is 24.1 Å². The fourth-order valence-corrected chi connectivity index (χ4v) is 2.98. The first-order valence-corrected chi connectivity index (χ1v) is 6.71. The van der Waals surface area contributed by atoms with Crippen LogP contribution < -0.4 is 5.32 Å². The van der Waals surface area contributed by atoms with Crippen molar-refractivity contribution in [2.75, 3.05) is 11.5 Å². The van der Waals surface area contributed by atoms with Crippen molar-refractivity contribution in [3.8, 4) is 0 Å². The van der Waals surface area contributed by atoms with E-state index in [1.54, 1.807) is 0 Å². The molecule has 2 rings (SSSR count). The molecule has 1 unspecified atom stereocenters. The average molecular weight is 225 g/mol. The molecule has 1 aromatic rings. The molecule has 1 atom stereocenters. The minimum absolute atomic E-state index is 0.698. The van der Waals surface area contributed by atoms with Crippen LogP contribution >= 0.6 is 11.8 Å². The molecule has 1 aliphatic heterocycles. The highest BCUT2D eigenvalue weighted by atomic mass is 32.2. The number of hydrogen-bond acceptors (Lipinski definition) is 3. The van der Waals surface area contributed by atoms with Gasteiger partial charge in [-0.3, -0.25) is 4.68 Å². The zero-order valence-electron chi connectivity index (χ0n) is 9.49. The third kappa shape index (κ3) is 2.75. The lowest BCUT2D eigenvalue weighted by Crippen LogP contribution is -2.33. The van der Waals surface area contributed by atoms with Gasteiger partial charge in [0.15, 0.2) is 0 Å². The quantitative estimate of drug-likeness (QED) is 0.849. The van der Waals surface area contributed by atoms with Crippen LogP contribution in [0.3, 0.4) is 0 Å². The summed E-state index contributed by atoms with van der Waals surface area (Å²) in [7, 11) is 2.00. The van der Waals surface area contributed by atoms with Crippen LogP contribution in [0.4, 0.5) is 0 Å². The summed E-state index contributed by atoms with van der Waals surface area (Å²) in [6, 6.07) is 0.698. The molecule has 0 bridgehead atoms. The summed E-state index contributed by atoms with van der Waals surface area (Å²) in [6.45, 7) is 3.09. The Morgan fingerprint density at radius 3 is 3.13 bits per heavy atom. The summed E-state index contributed by atoms with van der Waals surface area (Å²) in [6.07, 6.45) is 4.65. The van der Waals surface area contributed by atoms with Crippen molar-refractivity contribution in [3.05, 3.63) is 17.5 Å². The maximum atomic E-state index is 4.25. The van der Waals surface area contributed by atoms with Gasteiger partial charge in [-0.25, -0.2) is 0 Å². The third-order valence-corrected chi connectivity index (χ3v) is 4.29. The van der Waals surface area contributed by atoms with Gasteiger partial charge < -0.3 is 5.32 Å². The van der Waals surface area contributed by atoms with E-state index in [4.69, 9.17) is 0 Å². The zero-order valence-corrected chi connectivity index (χ0v) is 10.3. The van der Waals surface area contributed by atoms with E-state index in [9.17, 15) is 0 Å². The van der Waals surface area contributed by atoms with E-state index >= 15 is 0 Å². The molecule has 0 aromatic carbocycles. The number of nitrogens with one attached hydrogen (secondary N) is 1. The second-order valence-electron chi connectivity index (χ2n) is 4.17. The second-order valence-corrected chi connectivity index (χ2v) is 5.32. The average Bonchev–Trinajstić information content (AvgIpc) is 2.59. The summed E-state index contributed by atoms with van der Waals surface area (Å²) < 4.78 is 1.94. The molecule has 2 heterocycles. The lowest BCUT2D eigenvalue weighted by Gasteiger charge is -2.22. The van der Waals surface area contributed by atoms with Gasteiger partial charge in [-0.05, 0) is 25.5 Å². The van der Waals surface area contributed by atoms with Crippen LogP contribution in [0.5, 0.6) is 0 Å². The summed E-state index contributed by atoms with van der Waals surface area (Å²) in [4.78, 5) is 0. The molecule has 15 heavy (non-hydrogen) atoms. The zero-order chi connectivity index (χ0) is 10.7. The highest BCUT2D eigenvalue weighted by Gasteiger charge is 2.13. The first-order chi connectivity index (χ1) is 7.27. The Morgan fingerprint density at radius 2 is 2.53 bits per heavy atom. The Bertz CT molecular complexity index is 316.